The van der Waals surface area contributed by atoms with E-state index >= 15 is 0 Å². The molecule has 234 valence electrons. The molecule has 2 aliphatic heterocycles. The summed E-state index contributed by atoms with van der Waals surface area (Å²) < 4.78 is 12.9. The van der Waals surface area contributed by atoms with Crippen molar-refractivity contribution in [2.24, 2.45) is 9.98 Å². The molecule has 4 atom stereocenters. The van der Waals surface area contributed by atoms with E-state index in [0.29, 0.717) is 11.8 Å². The minimum atomic E-state index is 0. The van der Waals surface area contributed by atoms with Crippen LogP contribution in [0.4, 0.5) is 17.1 Å². The SMILES string of the molecule is Cc1cc(C)c(N(c2[c-]c(C3=NC4c5ccccc5CC4O3)ccc2)c2[c-]c(C3=NC4c5ccccc5CC4O3)ccc2)c(C)c1.[Pt+2]. The van der Waals surface area contributed by atoms with Crippen molar-refractivity contribution in [2.45, 2.75) is 57.9 Å². The number of benzene rings is 5. The molecule has 2 heterocycles. The Labute approximate surface area is 290 Å². The van der Waals surface area contributed by atoms with Crippen LogP contribution < -0.4 is 4.90 Å². The van der Waals surface area contributed by atoms with Gasteiger partial charge in [0.2, 0.25) is 0 Å². The number of ether oxygens (including phenoxy) is 2. The third-order valence-electron chi connectivity index (χ3n) is 9.69. The summed E-state index contributed by atoms with van der Waals surface area (Å²) in [5.41, 5.74) is 13.4. The molecule has 0 saturated heterocycles. The van der Waals surface area contributed by atoms with Crippen molar-refractivity contribution < 1.29 is 30.5 Å². The number of hydrogen-bond acceptors (Lipinski definition) is 5. The molecule has 0 radical (unpaired) electrons. The molecule has 0 spiro atoms. The van der Waals surface area contributed by atoms with Gasteiger partial charge in [-0.25, -0.2) is 0 Å². The van der Waals surface area contributed by atoms with Gasteiger partial charge in [-0.2, -0.15) is 0 Å². The van der Waals surface area contributed by atoms with E-state index in [4.69, 9.17) is 19.5 Å². The van der Waals surface area contributed by atoms with E-state index in [0.717, 1.165) is 41.0 Å². The third kappa shape index (κ3) is 5.03. The normalized spacial score (nSPS) is 21.3. The molecule has 2 aliphatic carbocycles. The van der Waals surface area contributed by atoms with Crippen LogP contribution >= 0.6 is 0 Å². The molecule has 4 unspecified atom stereocenters. The molecule has 5 nitrogen and oxygen atoms in total. The van der Waals surface area contributed by atoms with Crippen LogP contribution in [0, 0.1) is 32.9 Å². The Morgan fingerprint density at radius 1 is 0.617 bits per heavy atom. The van der Waals surface area contributed by atoms with Crippen molar-refractivity contribution in [1.29, 1.82) is 0 Å². The van der Waals surface area contributed by atoms with E-state index in [-0.39, 0.29) is 45.4 Å². The van der Waals surface area contributed by atoms with Crippen molar-refractivity contribution in [2.75, 3.05) is 4.90 Å². The summed E-state index contributed by atoms with van der Waals surface area (Å²) in [6, 6.07) is 41.4. The number of nitrogens with zero attached hydrogens (tertiary/aromatic N) is 3. The maximum absolute atomic E-state index is 6.47. The fourth-order valence-electron chi connectivity index (χ4n) is 7.78. The first kappa shape index (κ1) is 29.9. The first-order valence-electron chi connectivity index (χ1n) is 16.1. The second kappa shape index (κ2) is 11.6. The Balaban J connectivity index is 0.00000324. The molecule has 6 heteroatoms. The van der Waals surface area contributed by atoms with Crippen LogP contribution in [0.2, 0.25) is 0 Å². The van der Waals surface area contributed by atoms with E-state index in [1.807, 2.05) is 12.1 Å². The number of hydrogen-bond donors (Lipinski definition) is 0. The molecule has 0 saturated carbocycles. The predicted molar refractivity (Wildman–Crippen MR) is 182 cm³/mol. The topological polar surface area (TPSA) is 46.4 Å². The van der Waals surface area contributed by atoms with Gasteiger partial charge in [-0.3, -0.25) is 9.98 Å². The van der Waals surface area contributed by atoms with Crippen LogP contribution in [0.5, 0.6) is 0 Å². The summed E-state index contributed by atoms with van der Waals surface area (Å²) in [5.74, 6) is 1.31. The monoisotopic (exact) mass is 794 g/mol. The van der Waals surface area contributed by atoms with E-state index in [1.165, 1.54) is 38.9 Å². The molecule has 9 rings (SSSR count). The molecular formula is C41H33N3O2Pt. The Morgan fingerprint density at radius 3 is 1.57 bits per heavy atom. The smallest absolute Gasteiger partial charge is 0.514 e. The van der Waals surface area contributed by atoms with E-state index < -0.39 is 0 Å². The predicted octanol–water partition coefficient (Wildman–Crippen LogP) is 8.57. The Hall–Kier alpha value is -4.47. The van der Waals surface area contributed by atoms with Gasteiger partial charge in [0.15, 0.2) is 0 Å². The van der Waals surface area contributed by atoms with Gasteiger partial charge in [0, 0.05) is 18.5 Å². The van der Waals surface area contributed by atoms with E-state index in [9.17, 15) is 0 Å². The first-order valence-corrected chi connectivity index (χ1v) is 16.1. The van der Waals surface area contributed by atoms with E-state index in [1.54, 1.807) is 0 Å². The zero-order chi connectivity index (χ0) is 30.9. The van der Waals surface area contributed by atoms with Crippen molar-refractivity contribution in [1.82, 2.24) is 0 Å². The summed E-state index contributed by atoms with van der Waals surface area (Å²) in [6.45, 7) is 6.48. The quantitative estimate of drug-likeness (QED) is 0.168. The minimum absolute atomic E-state index is 0. The van der Waals surface area contributed by atoms with Crippen molar-refractivity contribution in [3.8, 4) is 0 Å². The minimum Gasteiger partial charge on any atom is -0.514 e. The van der Waals surface area contributed by atoms with Crippen molar-refractivity contribution in [3.63, 3.8) is 0 Å². The van der Waals surface area contributed by atoms with Gasteiger partial charge in [0.1, 0.15) is 36.1 Å². The van der Waals surface area contributed by atoms with Gasteiger partial charge in [-0.15, -0.1) is 48.5 Å². The van der Waals surface area contributed by atoms with Gasteiger partial charge in [0.25, 0.3) is 0 Å². The molecule has 0 amide bonds. The van der Waals surface area contributed by atoms with E-state index in [2.05, 4.69) is 123 Å². The zero-order valence-corrected chi connectivity index (χ0v) is 28.7. The van der Waals surface area contributed by atoms with Gasteiger partial charge in [-0.1, -0.05) is 77.4 Å². The molecule has 5 aromatic carbocycles. The average molecular weight is 795 g/mol. The van der Waals surface area contributed by atoms with Crippen molar-refractivity contribution >= 4 is 28.9 Å². The van der Waals surface area contributed by atoms with Gasteiger partial charge in [-0.05, 0) is 65.5 Å². The molecule has 0 fully saturated rings. The van der Waals surface area contributed by atoms with Crippen LogP contribution in [0.3, 0.4) is 0 Å². The number of aryl methyl sites for hydroxylation is 3. The fourth-order valence-corrected chi connectivity index (χ4v) is 7.78. The van der Waals surface area contributed by atoms with Crippen molar-refractivity contribution in [3.05, 3.63) is 159 Å². The van der Waals surface area contributed by atoms with Crippen LogP contribution in [0.25, 0.3) is 0 Å². The largest absolute Gasteiger partial charge is 2.00 e. The summed E-state index contributed by atoms with van der Waals surface area (Å²) in [6.07, 6.45) is 1.82. The number of aliphatic imine (C=N–C) groups is 2. The fraction of sp³-hybridized carbons (Fsp3) is 0.220. The van der Waals surface area contributed by atoms with Gasteiger partial charge >= 0.3 is 21.1 Å². The molecule has 4 aliphatic rings. The zero-order valence-electron chi connectivity index (χ0n) is 26.4. The van der Waals surface area contributed by atoms with Crippen LogP contribution in [0.1, 0.15) is 62.2 Å². The second-order valence-corrected chi connectivity index (χ2v) is 12.9. The molecule has 5 aromatic rings. The number of anilines is 3. The molecular weight excluding hydrogens is 762 g/mol. The number of fused-ring (bicyclic) bond motifs is 6. The first-order chi connectivity index (χ1) is 22.5. The molecule has 0 bridgehead atoms. The summed E-state index contributed by atoms with van der Waals surface area (Å²) in [7, 11) is 0. The Morgan fingerprint density at radius 2 is 1.09 bits per heavy atom. The average Bonchev–Trinajstić information content (AvgIpc) is 3.82. The Kier molecular flexibility index (Phi) is 7.41. The summed E-state index contributed by atoms with van der Waals surface area (Å²) in [5, 5.41) is 0. The summed E-state index contributed by atoms with van der Waals surface area (Å²) in [4.78, 5) is 12.4. The maximum atomic E-state index is 6.47. The molecule has 0 N–H and O–H groups in total. The van der Waals surface area contributed by atoms with Crippen LogP contribution in [0.15, 0.2) is 107 Å². The third-order valence-corrected chi connectivity index (χ3v) is 9.69. The standard InChI is InChI=1S/C41H33N3O2.Pt/c1-24-18-25(2)39(26(3)19-24)44(31-14-8-12-29(20-31)40-42-37-33-16-6-4-10-27(33)22-35(37)45-40)32-15-9-13-30(21-32)41-43-38-34-17-7-5-11-28(34)23-36(38)46-41;/h4-19,35-38H,22-23H2,1-3H3;/q-2;+2. The second-order valence-electron chi connectivity index (χ2n) is 12.9. The molecule has 0 aromatic heterocycles. The maximum Gasteiger partial charge on any atom is 2.00 e. The van der Waals surface area contributed by atoms with Crippen LogP contribution in [-0.2, 0) is 43.4 Å². The van der Waals surface area contributed by atoms with Crippen LogP contribution in [-0.4, -0.2) is 24.0 Å². The molecule has 47 heavy (non-hydrogen) atoms. The van der Waals surface area contributed by atoms with Gasteiger partial charge < -0.3 is 14.4 Å². The summed E-state index contributed by atoms with van der Waals surface area (Å²) >= 11 is 0. The Bertz CT molecular complexity index is 1960. The van der Waals surface area contributed by atoms with Gasteiger partial charge in [0.05, 0.1) is 0 Å². The number of rotatable bonds is 5.